The van der Waals surface area contributed by atoms with Gasteiger partial charge in [-0.15, -0.1) is 0 Å². The first kappa shape index (κ1) is 16.5. The number of nitroso groups, excluding NO2 is 1. The summed E-state index contributed by atoms with van der Waals surface area (Å²) in [5.41, 5.74) is 0. The molecule has 5 atom stereocenters. The average molecular weight is 293 g/mol. The van der Waals surface area contributed by atoms with Gasteiger partial charge in [-0.25, -0.2) is 0 Å². The van der Waals surface area contributed by atoms with Crippen molar-refractivity contribution < 1.29 is 4.74 Å². The number of nitrogens with zero attached hydrogens (tertiary/aromatic N) is 1. The first-order valence-corrected chi connectivity index (χ1v) is 8.78. The van der Waals surface area contributed by atoms with E-state index in [9.17, 15) is 4.91 Å². The van der Waals surface area contributed by atoms with E-state index in [2.05, 4.69) is 25.1 Å². The van der Waals surface area contributed by atoms with Gasteiger partial charge in [0, 0.05) is 12.3 Å². The summed E-state index contributed by atoms with van der Waals surface area (Å²) in [4.78, 5) is 10.7. The number of hydrogen-bond acceptors (Lipinski definition) is 3. The zero-order chi connectivity index (χ0) is 15.2. The van der Waals surface area contributed by atoms with Crippen molar-refractivity contribution in [2.24, 2.45) is 34.8 Å². The Morgan fingerprint density at radius 3 is 2.57 bits per heavy atom. The van der Waals surface area contributed by atoms with Crippen LogP contribution < -0.4 is 0 Å². The standard InChI is InChI=1S/C18H31NO2/c1-4-6-8-16-15(7-5-2)18-11-14(21-3)9-13(12-19-20)10-17(16)18/h9,13,15-18H,4-8,10-12H2,1-3H3/t13-,15?,16?,17?,18?/m1/s1. The number of allylic oxidation sites excluding steroid dienone is 1. The van der Waals surface area contributed by atoms with Crippen LogP contribution in [0.1, 0.15) is 58.8 Å². The van der Waals surface area contributed by atoms with Crippen molar-refractivity contribution in [1.29, 1.82) is 0 Å². The van der Waals surface area contributed by atoms with Crippen LogP contribution in [-0.4, -0.2) is 13.7 Å². The summed E-state index contributed by atoms with van der Waals surface area (Å²) in [5.74, 6) is 4.67. The van der Waals surface area contributed by atoms with Crippen LogP contribution >= 0.6 is 0 Å². The number of hydrogen-bond donors (Lipinski definition) is 0. The zero-order valence-corrected chi connectivity index (χ0v) is 13.9. The van der Waals surface area contributed by atoms with E-state index in [1.54, 1.807) is 7.11 Å². The Bertz CT molecular complexity index is 366. The van der Waals surface area contributed by atoms with Gasteiger partial charge in [-0.2, -0.15) is 4.91 Å². The van der Waals surface area contributed by atoms with Gasteiger partial charge in [-0.05, 0) is 42.6 Å². The van der Waals surface area contributed by atoms with E-state index in [-0.39, 0.29) is 0 Å². The van der Waals surface area contributed by atoms with Gasteiger partial charge in [-0.3, -0.25) is 0 Å². The molecule has 0 aromatic heterocycles. The molecule has 0 amide bonds. The third-order valence-corrected chi connectivity index (χ3v) is 5.72. The normalized spacial score (nSPS) is 35.2. The van der Waals surface area contributed by atoms with Crippen molar-refractivity contribution >= 4 is 0 Å². The molecular formula is C18H31NO2. The number of fused-ring (bicyclic) bond motifs is 1. The fourth-order valence-electron chi connectivity index (χ4n) is 4.76. The maximum absolute atomic E-state index is 10.7. The zero-order valence-electron chi connectivity index (χ0n) is 13.9. The van der Waals surface area contributed by atoms with Crippen LogP contribution in [0.2, 0.25) is 0 Å². The highest BCUT2D eigenvalue weighted by atomic mass is 16.5. The molecule has 3 nitrogen and oxygen atoms in total. The quantitative estimate of drug-likeness (QED) is 0.580. The predicted molar refractivity (Wildman–Crippen MR) is 86.9 cm³/mol. The van der Waals surface area contributed by atoms with Gasteiger partial charge in [-0.1, -0.05) is 44.7 Å². The first-order valence-electron chi connectivity index (χ1n) is 8.78. The van der Waals surface area contributed by atoms with Gasteiger partial charge in [0.05, 0.1) is 19.4 Å². The maximum Gasteiger partial charge on any atom is 0.0922 e. The van der Waals surface area contributed by atoms with Crippen molar-refractivity contribution in [1.82, 2.24) is 0 Å². The van der Waals surface area contributed by atoms with Gasteiger partial charge in [0.1, 0.15) is 0 Å². The smallest absolute Gasteiger partial charge is 0.0922 e. The van der Waals surface area contributed by atoms with Crippen molar-refractivity contribution in [3.8, 4) is 0 Å². The molecule has 120 valence electrons. The van der Waals surface area contributed by atoms with Crippen LogP contribution in [0, 0.1) is 34.5 Å². The predicted octanol–water partition coefficient (Wildman–Crippen LogP) is 5.16. The Hall–Kier alpha value is -0.860. The van der Waals surface area contributed by atoms with Crippen LogP contribution in [-0.2, 0) is 4.74 Å². The minimum atomic E-state index is 0.291. The van der Waals surface area contributed by atoms with Crippen LogP contribution in [0.5, 0.6) is 0 Å². The van der Waals surface area contributed by atoms with Gasteiger partial charge < -0.3 is 4.74 Å². The summed E-state index contributed by atoms with van der Waals surface area (Å²) < 4.78 is 5.56. The second-order valence-corrected chi connectivity index (χ2v) is 6.94. The minimum absolute atomic E-state index is 0.291. The second-order valence-electron chi connectivity index (χ2n) is 6.94. The average Bonchev–Trinajstić information content (AvgIpc) is 2.64. The number of methoxy groups -OCH3 is 1. The number of rotatable bonds is 8. The van der Waals surface area contributed by atoms with Crippen molar-refractivity contribution in [3.63, 3.8) is 0 Å². The van der Waals surface area contributed by atoms with Crippen molar-refractivity contribution in [2.75, 3.05) is 13.7 Å². The van der Waals surface area contributed by atoms with E-state index in [1.807, 2.05) is 0 Å². The molecule has 0 aliphatic heterocycles. The van der Waals surface area contributed by atoms with Crippen LogP contribution in [0.4, 0.5) is 0 Å². The molecule has 0 aromatic carbocycles. The fraction of sp³-hybridized carbons (Fsp3) is 0.889. The molecule has 4 unspecified atom stereocenters. The molecule has 2 aliphatic carbocycles. The highest BCUT2D eigenvalue weighted by Crippen LogP contribution is 2.56. The number of unbranched alkanes of at least 4 members (excludes halogenated alkanes) is 1. The van der Waals surface area contributed by atoms with E-state index >= 15 is 0 Å². The summed E-state index contributed by atoms with van der Waals surface area (Å²) in [7, 11) is 1.76. The third-order valence-electron chi connectivity index (χ3n) is 5.72. The largest absolute Gasteiger partial charge is 0.501 e. The molecule has 21 heavy (non-hydrogen) atoms. The lowest BCUT2D eigenvalue weighted by Crippen LogP contribution is -2.47. The molecule has 0 bridgehead atoms. The first-order chi connectivity index (χ1) is 10.2. The lowest BCUT2D eigenvalue weighted by atomic mass is 9.52. The third kappa shape index (κ3) is 3.67. The molecule has 2 rings (SSSR count). The highest BCUT2D eigenvalue weighted by Gasteiger charge is 2.50. The van der Waals surface area contributed by atoms with Crippen LogP contribution in [0.15, 0.2) is 17.0 Å². The molecule has 0 spiro atoms. The summed E-state index contributed by atoms with van der Waals surface area (Å²) in [6.45, 7) is 4.99. The van der Waals surface area contributed by atoms with Crippen molar-refractivity contribution in [3.05, 3.63) is 16.7 Å². The maximum atomic E-state index is 10.7. The molecule has 2 aliphatic rings. The lowest BCUT2D eigenvalue weighted by molar-refractivity contribution is -0.0462. The molecule has 1 saturated carbocycles. The van der Waals surface area contributed by atoms with Gasteiger partial charge >= 0.3 is 0 Å². The van der Waals surface area contributed by atoms with E-state index in [0.717, 1.165) is 42.3 Å². The fourth-order valence-corrected chi connectivity index (χ4v) is 4.76. The lowest BCUT2D eigenvalue weighted by Gasteiger charge is -2.53. The molecule has 0 N–H and O–H groups in total. The van der Waals surface area contributed by atoms with Gasteiger partial charge in [0.15, 0.2) is 0 Å². The van der Waals surface area contributed by atoms with Gasteiger partial charge in [0.2, 0.25) is 0 Å². The van der Waals surface area contributed by atoms with E-state index in [0.29, 0.717) is 12.5 Å². The molecule has 0 radical (unpaired) electrons. The van der Waals surface area contributed by atoms with E-state index in [4.69, 9.17) is 4.74 Å². The Morgan fingerprint density at radius 2 is 1.95 bits per heavy atom. The summed E-state index contributed by atoms with van der Waals surface area (Å²) in [6, 6.07) is 0. The van der Waals surface area contributed by atoms with E-state index < -0.39 is 0 Å². The second kappa shape index (κ2) is 7.95. The summed E-state index contributed by atoms with van der Waals surface area (Å²) in [5, 5.41) is 3.15. The van der Waals surface area contributed by atoms with Crippen molar-refractivity contribution in [2.45, 2.75) is 58.8 Å². The Balaban J connectivity index is 2.09. The molecule has 0 aromatic rings. The summed E-state index contributed by atoms with van der Waals surface area (Å²) >= 11 is 0. The van der Waals surface area contributed by atoms with E-state index in [1.165, 1.54) is 32.1 Å². The molecule has 0 heterocycles. The molecule has 0 saturated heterocycles. The Morgan fingerprint density at radius 1 is 1.19 bits per heavy atom. The molecular weight excluding hydrogens is 262 g/mol. The topological polar surface area (TPSA) is 38.7 Å². The minimum Gasteiger partial charge on any atom is -0.501 e. The van der Waals surface area contributed by atoms with Crippen LogP contribution in [0.3, 0.4) is 0 Å². The highest BCUT2D eigenvalue weighted by molar-refractivity contribution is 5.10. The Labute approximate surface area is 129 Å². The Kier molecular flexibility index (Phi) is 6.25. The molecule has 1 fully saturated rings. The molecule has 3 heteroatoms. The van der Waals surface area contributed by atoms with Gasteiger partial charge in [0.25, 0.3) is 0 Å². The van der Waals surface area contributed by atoms with Crippen LogP contribution in [0.25, 0.3) is 0 Å². The summed E-state index contributed by atoms with van der Waals surface area (Å²) in [6.07, 6.45) is 11.0. The SMILES string of the molecule is CCCCC1C(CCC)C2CC(OC)=C[C@@H](CN=O)CC12. The number of ether oxygens (including phenoxy) is 1. The monoisotopic (exact) mass is 293 g/mol.